The number of aryl methyl sites for hydroxylation is 1. The Hall–Kier alpha value is -1.67. The molecule has 0 bridgehead atoms. The van der Waals surface area contributed by atoms with Crippen molar-refractivity contribution in [2.45, 2.75) is 6.92 Å². The summed E-state index contributed by atoms with van der Waals surface area (Å²) in [5.41, 5.74) is 1.13. The Morgan fingerprint density at radius 3 is 2.56 bits per heavy atom. The van der Waals surface area contributed by atoms with Gasteiger partial charge in [-0.25, -0.2) is 13.1 Å². The van der Waals surface area contributed by atoms with Crippen molar-refractivity contribution in [3.8, 4) is 0 Å². The number of nitrogens with one attached hydrogen (secondary N) is 2. The quantitative estimate of drug-likeness (QED) is 0.455. The molecule has 0 unspecified atom stereocenters. The van der Waals surface area contributed by atoms with Gasteiger partial charge < -0.3 is 5.32 Å². The fourth-order valence-corrected chi connectivity index (χ4v) is 1.93. The van der Waals surface area contributed by atoms with Crippen LogP contribution in [-0.4, -0.2) is 32.7 Å². The van der Waals surface area contributed by atoms with Gasteiger partial charge in [-0.05, 0) is 12.5 Å². The van der Waals surface area contributed by atoms with Crippen LogP contribution in [0.4, 0.5) is 11.4 Å². The molecule has 0 heterocycles. The van der Waals surface area contributed by atoms with Gasteiger partial charge >= 0.3 is 0 Å². The highest BCUT2D eigenvalue weighted by Crippen LogP contribution is 2.27. The van der Waals surface area contributed by atoms with Gasteiger partial charge in [0.05, 0.1) is 11.2 Å². The normalized spacial score (nSPS) is 11.2. The molecule has 0 saturated heterocycles. The molecular weight excluding hydrogens is 258 g/mol. The second-order valence-electron chi connectivity index (χ2n) is 3.82. The predicted molar refractivity (Wildman–Crippen MR) is 69.2 cm³/mol. The molecule has 0 radical (unpaired) electrons. The number of nitro groups is 1. The number of para-hydroxylation sites is 1. The summed E-state index contributed by atoms with van der Waals surface area (Å²) in [4.78, 5) is 10.3. The Morgan fingerprint density at radius 1 is 1.33 bits per heavy atom. The Morgan fingerprint density at radius 2 is 2.00 bits per heavy atom. The fraction of sp³-hybridized carbons (Fsp3) is 0.400. The first kappa shape index (κ1) is 14.4. The van der Waals surface area contributed by atoms with Crippen LogP contribution in [0, 0.1) is 17.0 Å². The van der Waals surface area contributed by atoms with E-state index in [1.807, 2.05) is 0 Å². The average molecular weight is 273 g/mol. The van der Waals surface area contributed by atoms with Crippen molar-refractivity contribution in [3.05, 3.63) is 33.9 Å². The molecule has 8 heteroatoms. The third-order valence-corrected chi connectivity index (χ3v) is 2.97. The summed E-state index contributed by atoms with van der Waals surface area (Å²) in [5.74, 6) is 0. The summed E-state index contributed by atoms with van der Waals surface area (Å²) < 4.78 is 24.0. The lowest BCUT2D eigenvalue weighted by atomic mass is 10.1. The first-order valence-electron chi connectivity index (χ1n) is 5.24. The smallest absolute Gasteiger partial charge is 0.292 e. The van der Waals surface area contributed by atoms with Crippen molar-refractivity contribution in [2.75, 3.05) is 24.7 Å². The van der Waals surface area contributed by atoms with Crippen molar-refractivity contribution in [3.63, 3.8) is 0 Å². The van der Waals surface area contributed by atoms with Crippen LogP contribution in [0.2, 0.25) is 0 Å². The van der Waals surface area contributed by atoms with Crippen LogP contribution in [0.3, 0.4) is 0 Å². The molecule has 1 aromatic rings. The average Bonchev–Trinajstić information content (AvgIpc) is 2.24. The molecule has 0 amide bonds. The number of rotatable bonds is 6. The summed E-state index contributed by atoms with van der Waals surface area (Å²) in [6, 6.07) is 4.76. The maximum atomic E-state index is 10.8. The lowest BCUT2D eigenvalue weighted by molar-refractivity contribution is -0.384. The van der Waals surface area contributed by atoms with E-state index in [0.717, 1.165) is 11.8 Å². The lowest BCUT2D eigenvalue weighted by Gasteiger charge is -2.09. The number of nitrogens with zero attached hydrogens (tertiary/aromatic N) is 1. The van der Waals surface area contributed by atoms with Crippen molar-refractivity contribution in [1.82, 2.24) is 4.72 Å². The molecular formula is C10H15N3O4S. The van der Waals surface area contributed by atoms with Crippen LogP contribution in [0.25, 0.3) is 0 Å². The minimum Gasteiger partial charge on any atom is -0.378 e. The molecule has 0 aliphatic carbocycles. The Labute approximate surface area is 105 Å². The molecule has 18 heavy (non-hydrogen) atoms. The van der Waals surface area contributed by atoms with Crippen LogP contribution < -0.4 is 10.0 Å². The SMILES string of the molecule is Cc1cccc([N+](=O)[O-])c1NCCNS(C)(=O)=O. The maximum Gasteiger partial charge on any atom is 0.292 e. The molecule has 1 aromatic carbocycles. The third kappa shape index (κ3) is 4.30. The molecule has 0 atom stereocenters. The highest BCUT2D eigenvalue weighted by atomic mass is 32.2. The summed E-state index contributed by atoms with van der Waals surface area (Å²) >= 11 is 0. The number of hydrogen-bond donors (Lipinski definition) is 2. The number of sulfonamides is 1. The maximum absolute atomic E-state index is 10.8. The van der Waals surface area contributed by atoms with Gasteiger partial charge in [-0.15, -0.1) is 0 Å². The van der Waals surface area contributed by atoms with Gasteiger partial charge in [-0.1, -0.05) is 12.1 Å². The van der Waals surface area contributed by atoms with Crippen molar-refractivity contribution < 1.29 is 13.3 Å². The summed E-state index contributed by atoms with van der Waals surface area (Å²) in [6.07, 6.45) is 1.06. The third-order valence-electron chi connectivity index (χ3n) is 2.24. The zero-order chi connectivity index (χ0) is 13.8. The molecule has 0 aliphatic rings. The Balaban J connectivity index is 2.70. The van der Waals surface area contributed by atoms with E-state index in [0.29, 0.717) is 5.69 Å². The second-order valence-corrected chi connectivity index (χ2v) is 5.65. The number of anilines is 1. The predicted octanol–water partition coefficient (Wildman–Crippen LogP) is 0.864. The highest BCUT2D eigenvalue weighted by Gasteiger charge is 2.14. The monoisotopic (exact) mass is 273 g/mol. The van der Waals surface area contributed by atoms with Gasteiger partial charge in [-0.2, -0.15) is 0 Å². The zero-order valence-corrected chi connectivity index (χ0v) is 11.0. The van der Waals surface area contributed by atoms with Crippen molar-refractivity contribution >= 4 is 21.4 Å². The molecule has 0 saturated carbocycles. The Bertz CT molecular complexity index is 542. The summed E-state index contributed by atoms with van der Waals surface area (Å²) in [5, 5.41) is 13.7. The van der Waals surface area contributed by atoms with Crippen molar-refractivity contribution in [1.29, 1.82) is 0 Å². The van der Waals surface area contributed by atoms with E-state index in [9.17, 15) is 18.5 Å². The number of hydrogen-bond acceptors (Lipinski definition) is 5. The Kier molecular flexibility index (Phi) is 4.62. The van der Waals surface area contributed by atoms with Gasteiger partial charge in [0.2, 0.25) is 10.0 Å². The standard InChI is InChI=1S/C10H15N3O4S/c1-8-4-3-5-9(13(14)15)10(8)11-6-7-12-18(2,16)17/h3-5,11-12H,6-7H2,1-2H3. The van der Waals surface area contributed by atoms with Gasteiger partial charge in [0.15, 0.2) is 0 Å². The number of nitro benzene ring substituents is 1. The van der Waals surface area contributed by atoms with E-state index in [1.54, 1.807) is 19.1 Å². The minimum atomic E-state index is -3.24. The molecule has 100 valence electrons. The first-order chi connectivity index (χ1) is 8.31. The number of benzene rings is 1. The van der Waals surface area contributed by atoms with E-state index < -0.39 is 14.9 Å². The molecule has 0 fully saturated rings. The fourth-order valence-electron chi connectivity index (χ4n) is 1.46. The summed E-state index contributed by atoms with van der Waals surface area (Å²) in [7, 11) is -3.24. The molecule has 1 rings (SSSR count). The van der Waals surface area contributed by atoms with E-state index in [-0.39, 0.29) is 18.8 Å². The van der Waals surface area contributed by atoms with Gasteiger partial charge in [0.25, 0.3) is 5.69 Å². The molecule has 7 nitrogen and oxygen atoms in total. The minimum absolute atomic E-state index is 0.0191. The molecule has 0 aliphatic heterocycles. The highest BCUT2D eigenvalue weighted by molar-refractivity contribution is 7.88. The molecule has 0 spiro atoms. The van der Waals surface area contributed by atoms with Crippen LogP contribution in [0.1, 0.15) is 5.56 Å². The van der Waals surface area contributed by atoms with Crippen LogP contribution in [0.15, 0.2) is 18.2 Å². The van der Waals surface area contributed by atoms with E-state index in [4.69, 9.17) is 0 Å². The van der Waals surface area contributed by atoms with Gasteiger partial charge in [0.1, 0.15) is 5.69 Å². The van der Waals surface area contributed by atoms with E-state index >= 15 is 0 Å². The van der Waals surface area contributed by atoms with Crippen molar-refractivity contribution in [2.24, 2.45) is 0 Å². The lowest BCUT2D eigenvalue weighted by Crippen LogP contribution is -2.27. The van der Waals surface area contributed by atoms with E-state index in [2.05, 4.69) is 10.0 Å². The van der Waals surface area contributed by atoms with Crippen LogP contribution in [0.5, 0.6) is 0 Å². The zero-order valence-electron chi connectivity index (χ0n) is 10.1. The van der Waals surface area contributed by atoms with Crippen LogP contribution in [-0.2, 0) is 10.0 Å². The first-order valence-corrected chi connectivity index (χ1v) is 7.13. The molecule has 2 N–H and O–H groups in total. The molecule has 0 aromatic heterocycles. The summed E-state index contributed by atoms with van der Waals surface area (Å²) in [6.45, 7) is 2.20. The van der Waals surface area contributed by atoms with Crippen LogP contribution >= 0.6 is 0 Å². The second kappa shape index (κ2) is 5.78. The van der Waals surface area contributed by atoms with E-state index in [1.165, 1.54) is 6.07 Å². The largest absolute Gasteiger partial charge is 0.378 e. The topological polar surface area (TPSA) is 101 Å². The van der Waals surface area contributed by atoms with Gasteiger partial charge in [-0.3, -0.25) is 10.1 Å². The van der Waals surface area contributed by atoms with Gasteiger partial charge in [0, 0.05) is 19.2 Å².